The molecule has 0 aromatic rings. The number of rotatable bonds is 1. The van der Waals surface area contributed by atoms with E-state index in [2.05, 4.69) is 22.0 Å². The van der Waals surface area contributed by atoms with Crippen LogP contribution in [0.25, 0.3) is 0 Å². The Morgan fingerprint density at radius 1 is 0.950 bits per heavy atom. The van der Waals surface area contributed by atoms with Gasteiger partial charge in [0.15, 0.2) is 0 Å². The van der Waals surface area contributed by atoms with Crippen LogP contribution in [0.15, 0.2) is 0 Å². The summed E-state index contributed by atoms with van der Waals surface area (Å²) in [5.74, 6) is 0. The van der Waals surface area contributed by atoms with Gasteiger partial charge in [0.1, 0.15) is 0 Å². The van der Waals surface area contributed by atoms with Crippen molar-refractivity contribution in [3.05, 3.63) is 0 Å². The van der Waals surface area contributed by atoms with Gasteiger partial charge >= 0.3 is 0 Å². The van der Waals surface area contributed by atoms with Crippen LogP contribution in [0, 0.1) is 0 Å². The van der Waals surface area contributed by atoms with Crippen molar-refractivity contribution in [3.8, 4) is 0 Å². The maximum absolute atomic E-state index is 3.94. The summed E-state index contributed by atoms with van der Waals surface area (Å²) in [6.45, 7) is 7.71. The van der Waals surface area contributed by atoms with Crippen LogP contribution in [0.3, 0.4) is 0 Å². The second-order valence-electron chi connectivity index (χ2n) is 7.84. The van der Waals surface area contributed by atoms with E-state index in [0.29, 0.717) is 5.54 Å². The van der Waals surface area contributed by atoms with Gasteiger partial charge in [-0.05, 0) is 45.6 Å². The molecule has 0 bridgehead atoms. The largest absolute Gasteiger partial charge is 0.308 e. The Labute approximate surface area is 124 Å². The molecule has 1 N–H and O–H groups in total. The van der Waals surface area contributed by atoms with Crippen LogP contribution >= 0.6 is 0 Å². The standard InChI is InChI=1S/C17H31N3/c1-14-12-18-17(8-3-2-4-9-17)13-20(14)16-7-11-19-10-5-6-15(16)19/h14-16,18H,2-13H2,1H3. The van der Waals surface area contributed by atoms with Crippen LogP contribution in [-0.2, 0) is 0 Å². The fraction of sp³-hybridized carbons (Fsp3) is 1.00. The van der Waals surface area contributed by atoms with Crippen LogP contribution < -0.4 is 5.32 Å². The van der Waals surface area contributed by atoms with Crippen LogP contribution in [0.1, 0.15) is 58.3 Å². The van der Waals surface area contributed by atoms with Gasteiger partial charge in [-0.3, -0.25) is 9.80 Å². The highest BCUT2D eigenvalue weighted by Gasteiger charge is 2.46. The van der Waals surface area contributed by atoms with E-state index in [1.54, 1.807) is 0 Å². The molecule has 3 atom stereocenters. The summed E-state index contributed by atoms with van der Waals surface area (Å²) in [6, 6.07) is 2.47. The third kappa shape index (κ3) is 2.22. The zero-order chi connectivity index (χ0) is 13.6. The maximum atomic E-state index is 3.94. The molecule has 3 heterocycles. The number of fused-ring (bicyclic) bond motifs is 1. The van der Waals surface area contributed by atoms with Crippen molar-refractivity contribution in [1.29, 1.82) is 0 Å². The molecule has 0 amide bonds. The predicted molar refractivity (Wildman–Crippen MR) is 83.0 cm³/mol. The summed E-state index contributed by atoms with van der Waals surface area (Å²) >= 11 is 0. The van der Waals surface area contributed by atoms with E-state index in [1.807, 2.05) is 0 Å². The first-order valence-electron chi connectivity index (χ1n) is 9.02. The molecule has 1 aliphatic carbocycles. The fourth-order valence-electron chi connectivity index (χ4n) is 5.49. The lowest BCUT2D eigenvalue weighted by Gasteiger charge is -2.51. The first-order valence-corrected chi connectivity index (χ1v) is 9.02. The Kier molecular flexibility index (Phi) is 3.56. The van der Waals surface area contributed by atoms with Gasteiger partial charge < -0.3 is 5.32 Å². The molecular formula is C17H31N3. The topological polar surface area (TPSA) is 18.5 Å². The lowest BCUT2D eigenvalue weighted by molar-refractivity contribution is 0.0221. The summed E-state index contributed by atoms with van der Waals surface area (Å²) < 4.78 is 0. The first kappa shape index (κ1) is 13.5. The van der Waals surface area contributed by atoms with Crippen molar-refractivity contribution in [3.63, 3.8) is 0 Å². The van der Waals surface area contributed by atoms with E-state index in [0.717, 1.165) is 18.1 Å². The van der Waals surface area contributed by atoms with Crippen LogP contribution in [-0.4, -0.2) is 59.6 Å². The molecule has 0 aromatic heterocycles. The number of nitrogens with one attached hydrogen (secondary N) is 1. The van der Waals surface area contributed by atoms with Crippen LogP contribution in [0.5, 0.6) is 0 Å². The highest BCUT2D eigenvalue weighted by atomic mass is 15.3. The van der Waals surface area contributed by atoms with Gasteiger partial charge in [0, 0.05) is 43.3 Å². The molecule has 3 heteroatoms. The monoisotopic (exact) mass is 277 g/mol. The molecule has 114 valence electrons. The van der Waals surface area contributed by atoms with Crippen molar-refractivity contribution < 1.29 is 0 Å². The third-order valence-electron chi connectivity index (χ3n) is 6.63. The van der Waals surface area contributed by atoms with E-state index in [4.69, 9.17) is 0 Å². The number of nitrogens with zero attached hydrogens (tertiary/aromatic N) is 2. The summed E-state index contributed by atoms with van der Waals surface area (Å²) in [5, 5.41) is 3.94. The van der Waals surface area contributed by atoms with Gasteiger partial charge in [-0.25, -0.2) is 0 Å². The molecule has 3 saturated heterocycles. The quantitative estimate of drug-likeness (QED) is 0.793. The molecule has 4 fully saturated rings. The van der Waals surface area contributed by atoms with Crippen molar-refractivity contribution in [1.82, 2.24) is 15.1 Å². The molecule has 3 nitrogen and oxygen atoms in total. The molecule has 1 spiro atoms. The molecule has 4 aliphatic rings. The number of hydrogen-bond acceptors (Lipinski definition) is 3. The van der Waals surface area contributed by atoms with E-state index in [9.17, 15) is 0 Å². The van der Waals surface area contributed by atoms with Gasteiger partial charge in [-0.2, -0.15) is 0 Å². The highest BCUT2D eigenvalue weighted by molar-refractivity contribution is 5.05. The number of piperazine rings is 1. The van der Waals surface area contributed by atoms with E-state index < -0.39 is 0 Å². The first-order chi connectivity index (χ1) is 9.77. The van der Waals surface area contributed by atoms with Crippen LogP contribution in [0.2, 0.25) is 0 Å². The second kappa shape index (κ2) is 5.26. The minimum Gasteiger partial charge on any atom is -0.308 e. The molecule has 3 aliphatic heterocycles. The Morgan fingerprint density at radius 2 is 1.80 bits per heavy atom. The van der Waals surface area contributed by atoms with E-state index >= 15 is 0 Å². The average molecular weight is 277 g/mol. The fourth-order valence-corrected chi connectivity index (χ4v) is 5.49. The Hall–Kier alpha value is -0.120. The maximum Gasteiger partial charge on any atom is 0.0309 e. The normalized spacial score (nSPS) is 42.1. The molecule has 20 heavy (non-hydrogen) atoms. The smallest absolute Gasteiger partial charge is 0.0309 e. The summed E-state index contributed by atoms with van der Waals surface area (Å²) in [5.41, 5.74) is 0.469. The SMILES string of the molecule is CC1CNC2(CCCCC2)CN1C1CCN2CCCC12. The van der Waals surface area contributed by atoms with Gasteiger partial charge in [0.05, 0.1) is 0 Å². The second-order valence-corrected chi connectivity index (χ2v) is 7.84. The zero-order valence-corrected chi connectivity index (χ0v) is 13.1. The minimum absolute atomic E-state index is 0.469. The Morgan fingerprint density at radius 3 is 2.65 bits per heavy atom. The van der Waals surface area contributed by atoms with E-state index in [1.165, 1.54) is 77.5 Å². The summed E-state index contributed by atoms with van der Waals surface area (Å²) in [7, 11) is 0. The van der Waals surface area contributed by atoms with Gasteiger partial charge in [-0.15, -0.1) is 0 Å². The minimum atomic E-state index is 0.469. The van der Waals surface area contributed by atoms with Crippen molar-refractivity contribution in [2.24, 2.45) is 0 Å². The lowest BCUT2D eigenvalue weighted by Crippen LogP contribution is -2.67. The van der Waals surface area contributed by atoms with Crippen molar-refractivity contribution in [2.75, 3.05) is 26.2 Å². The predicted octanol–water partition coefficient (Wildman–Crippen LogP) is 2.22. The van der Waals surface area contributed by atoms with Gasteiger partial charge in [0.25, 0.3) is 0 Å². The molecule has 0 aromatic carbocycles. The van der Waals surface area contributed by atoms with Gasteiger partial charge in [-0.1, -0.05) is 19.3 Å². The third-order valence-corrected chi connectivity index (χ3v) is 6.63. The molecular weight excluding hydrogens is 246 g/mol. The van der Waals surface area contributed by atoms with Crippen LogP contribution in [0.4, 0.5) is 0 Å². The zero-order valence-electron chi connectivity index (χ0n) is 13.1. The molecule has 3 unspecified atom stereocenters. The molecule has 4 rings (SSSR count). The van der Waals surface area contributed by atoms with Crippen molar-refractivity contribution in [2.45, 2.75) is 82.0 Å². The average Bonchev–Trinajstić information content (AvgIpc) is 3.06. The highest BCUT2D eigenvalue weighted by Crippen LogP contribution is 2.37. The molecule has 0 radical (unpaired) electrons. The summed E-state index contributed by atoms with van der Waals surface area (Å²) in [6.07, 6.45) is 11.5. The summed E-state index contributed by atoms with van der Waals surface area (Å²) in [4.78, 5) is 5.69. The Bertz CT molecular complexity index is 350. The Balaban J connectivity index is 1.50. The van der Waals surface area contributed by atoms with Gasteiger partial charge in [0.2, 0.25) is 0 Å². The molecule has 1 saturated carbocycles. The lowest BCUT2D eigenvalue weighted by atomic mass is 9.79. The van der Waals surface area contributed by atoms with E-state index in [-0.39, 0.29) is 0 Å². The number of hydrogen-bond donors (Lipinski definition) is 1. The van der Waals surface area contributed by atoms with Crippen molar-refractivity contribution >= 4 is 0 Å².